The average Bonchev–Trinajstić information content (AvgIpc) is 2.67. The van der Waals surface area contributed by atoms with Crippen LogP contribution in [0.5, 0.6) is 0 Å². The summed E-state index contributed by atoms with van der Waals surface area (Å²) in [7, 11) is -3.60. The molecule has 0 aliphatic carbocycles. The number of carbonyl (C=O) groups excluding carboxylic acids is 1. The predicted octanol–water partition coefficient (Wildman–Crippen LogP) is 3.33. The number of aryl methyl sites for hydroxylation is 2. The molecule has 0 unspecified atom stereocenters. The number of sulfonamides is 1. The first kappa shape index (κ1) is 22.9. The first-order valence-electron chi connectivity index (χ1n) is 9.14. The molecular weight excluding hydrogens is 408 g/mol. The Labute approximate surface area is 176 Å². The third-order valence-electron chi connectivity index (χ3n) is 4.22. The van der Waals surface area contributed by atoms with E-state index in [9.17, 15) is 18.5 Å². The summed E-state index contributed by atoms with van der Waals surface area (Å²) in [6, 6.07) is 10.1. The molecule has 2 rings (SSSR count). The van der Waals surface area contributed by atoms with Crippen LogP contribution in [0.3, 0.4) is 0 Å². The van der Waals surface area contributed by atoms with Crippen molar-refractivity contribution in [1.82, 2.24) is 9.29 Å². The molecule has 0 bridgehead atoms. The Bertz CT molecular complexity index is 1040. The van der Waals surface area contributed by atoms with E-state index in [0.29, 0.717) is 29.4 Å². The van der Waals surface area contributed by atoms with Gasteiger partial charge in [-0.25, -0.2) is 13.4 Å². The van der Waals surface area contributed by atoms with Crippen molar-refractivity contribution in [2.24, 2.45) is 0 Å². The van der Waals surface area contributed by atoms with Gasteiger partial charge in [0.2, 0.25) is 15.9 Å². The number of anilines is 1. The largest absolute Gasteiger partial charge is 0.325 e. The molecule has 1 heterocycles. The van der Waals surface area contributed by atoms with Crippen LogP contribution >= 0.6 is 11.8 Å². The number of nitrogens with one attached hydrogen (secondary N) is 1. The number of nitriles is 1. The molecule has 0 aliphatic heterocycles. The van der Waals surface area contributed by atoms with Crippen molar-refractivity contribution in [3.05, 3.63) is 47.2 Å². The highest BCUT2D eigenvalue weighted by Crippen LogP contribution is 2.24. The van der Waals surface area contributed by atoms with E-state index in [1.165, 1.54) is 28.2 Å². The molecule has 1 N–H and O–H groups in total. The van der Waals surface area contributed by atoms with Crippen LogP contribution in [0, 0.1) is 25.2 Å². The van der Waals surface area contributed by atoms with Crippen LogP contribution < -0.4 is 5.32 Å². The summed E-state index contributed by atoms with van der Waals surface area (Å²) in [6.07, 6.45) is 0. The maximum atomic E-state index is 12.6. The van der Waals surface area contributed by atoms with E-state index in [0.717, 1.165) is 11.3 Å². The Morgan fingerprint density at radius 3 is 2.55 bits per heavy atom. The quantitative estimate of drug-likeness (QED) is 0.642. The van der Waals surface area contributed by atoms with Gasteiger partial charge in [-0.05, 0) is 43.7 Å². The second kappa shape index (κ2) is 9.87. The van der Waals surface area contributed by atoms with Gasteiger partial charge in [-0.2, -0.15) is 9.57 Å². The summed E-state index contributed by atoms with van der Waals surface area (Å²) in [5.41, 5.74) is 2.45. The van der Waals surface area contributed by atoms with Gasteiger partial charge in [0, 0.05) is 24.5 Å². The molecule has 0 spiro atoms. The number of nitrogens with zero attached hydrogens (tertiary/aromatic N) is 3. The highest BCUT2D eigenvalue weighted by molar-refractivity contribution is 8.00. The van der Waals surface area contributed by atoms with Gasteiger partial charge in [0.25, 0.3) is 0 Å². The van der Waals surface area contributed by atoms with Gasteiger partial charge >= 0.3 is 0 Å². The molecule has 1 amide bonds. The van der Waals surface area contributed by atoms with Crippen LogP contribution in [0.1, 0.15) is 30.7 Å². The van der Waals surface area contributed by atoms with E-state index in [1.54, 1.807) is 26.0 Å². The summed E-state index contributed by atoms with van der Waals surface area (Å²) in [5, 5.41) is 12.5. The summed E-state index contributed by atoms with van der Waals surface area (Å²) in [6.45, 7) is 7.96. The van der Waals surface area contributed by atoms with Crippen LogP contribution in [-0.2, 0) is 14.8 Å². The Balaban J connectivity index is 2.12. The average molecular weight is 433 g/mol. The number of hydrogen-bond acceptors (Lipinski definition) is 6. The molecule has 0 saturated carbocycles. The molecule has 0 aliphatic rings. The third kappa shape index (κ3) is 5.56. The lowest BCUT2D eigenvalue weighted by atomic mass is 10.1. The number of benzene rings is 1. The number of amides is 1. The minimum atomic E-state index is -3.60. The van der Waals surface area contributed by atoms with Gasteiger partial charge in [-0.15, -0.1) is 0 Å². The maximum Gasteiger partial charge on any atom is 0.243 e. The highest BCUT2D eigenvalue weighted by atomic mass is 32.2. The monoisotopic (exact) mass is 432 g/mol. The Kier molecular flexibility index (Phi) is 7.79. The Morgan fingerprint density at radius 2 is 1.93 bits per heavy atom. The van der Waals surface area contributed by atoms with Crippen molar-refractivity contribution >= 4 is 33.4 Å². The summed E-state index contributed by atoms with van der Waals surface area (Å²) < 4.78 is 26.7. The van der Waals surface area contributed by atoms with E-state index in [4.69, 9.17) is 0 Å². The molecule has 0 fully saturated rings. The molecule has 9 heteroatoms. The summed E-state index contributed by atoms with van der Waals surface area (Å²) >= 11 is 1.18. The van der Waals surface area contributed by atoms with Crippen LogP contribution in [0.25, 0.3) is 0 Å². The fourth-order valence-corrected chi connectivity index (χ4v) is 5.22. The highest BCUT2D eigenvalue weighted by Gasteiger charge is 2.22. The molecule has 2 aromatic rings. The Morgan fingerprint density at radius 1 is 1.24 bits per heavy atom. The van der Waals surface area contributed by atoms with Crippen LogP contribution in [0.4, 0.5) is 5.69 Å². The summed E-state index contributed by atoms with van der Waals surface area (Å²) in [5.74, 6) is -0.255. The van der Waals surface area contributed by atoms with Crippen LogP contribution in [0.15, 0.2) is 40.3 Å². The number of thioether (sulfide) groups is 1. The molecule has 29 heavy (non-hydrogen) atoms. The van der Waals surface area contributed by atoms with Gasteiger partial charge in [-0.3, -0.25) is 4.79 Å². The van der Waals surface area contributed by atoms with Gasteiger partial charge in [-0.1, -0.05) is 31.7 Å². The van der Waals surface area contributed by atoms with Gasteiger partial charge in [0.15, 0.2) is 0 Å². The molecule has 0 radical (unpaired) electrons. The van der Waals surface area contributed by atoms with Crippen molar-refractivity contribution in [3.63, 3.8) is 0 Å². The van der Waals surface area contributed by atoms with E-state index >= 15 is 0 Å². The number of rotatable bonds is 8. The van der Waals surface area contributed by atoms with Gasteiger partial charge in [0.1, 0.15) is 11.1 Å². The topological polar surface area (TPSA) is 103 Å². The number of carbonyl (C=O) groups is 1. The lowest BCUT2D eigenvalue weighted by molar-refractivity contribution is -0.113. The van der Waals surface area contributed by atoms with Crippen LogP contribution in [-0.4, -0.2) is 42.5 Å². The maximum absolute atomic E-state index is 12.6. The minimum Gasteiger partial charge on any atom is -0.325 e. The second-order valence-corrected chi connectivity index (χ2v) is 9.23. The minimum absolute atomic E-state index is 0.0532. The molecular formula is C20H24N4O3S2. The first-order valence-corrected chi connectivity index (χ1v) is 11.6. The second-order valence-electron chi connectivity index (χ2n) is 6.33. The van der Waals surface area contributed by atoms with Gasteiger partial charge in [0.05, 0.1) is 16.2 Å². The van der Waals surface area contributed by atoms with Crippen molar-refractivity contribution in [2.75, 3.05) is 24.2 Å². The fraction of sp³-hybridized carbons (Fsp3) is 0.350. The zero-order valence-corrected chi connectivity index (χ0v) is 18.5. The van der Waals surface area contributed by atoms with Gasteiger partial charge < -0.3 is 5.32 Å². The van der Waals surface area contributed by atoms with E-state index in [-0.39, 0.29) is 16.6 Å². The molecule has 7 nitrogen and oxygen atoms in total. The summed E-state index contributed by atoms with van der Waals surface area (Å²) in [4.78, 5) is 16.8. The zero-order valence-electron chi connectivity index (χ0n) is 16.9. The predicted molar refractivity (Wildman–Crippen MR) is 114 cm³/mol. The van der Waals surface area contributed by atoms with E-state index in [2.05, 4.69) is 16.4 Å². The molecule has 1 aromatic carbocycles. The van der Waals surface area contributed by atoms with E-state index < -0.39 is 10.0 Å². The number of aromatic nitrogens is 1. The fourth-order valence-electron chi connectivity index (χ4n) is 2.82. The number of hydrogen-bond donors (Lipinski definition) is 1. The normalized spacial score (nSPS) is 11.3. The molecule has 0 saturated heterocycles. The lowest BCUT2D eigenvalue weighted by Crippen LogP contribution is -2.30. The van der Waals surface area contributed by atoms with Crippen molar-refractivity contribution in [1.29, 1.82) is 5.26 Å². The first-order chi connectivity index (χ1) is 13.7. The Hall–Kier alpha value is -2.41. The molecule has 0 atom stereocenters. The smallest absolute Gasteiger partial charge is 0.243 e. The van der Waals surface area contributed by atoms with Crippen molar-refractivity contribution < 1.29 is 13.2 Å². The molecule has 154 valence electrons. The van der Waals surface area contributed by atoms with Crippen molar-refractivity contribution in [2.45, 2.75) is 37.6 Å². The molecule has 1 aromatic heterocycles. The standard InChI is InChI=1S/C20H24N4O3S2/c1-5-24(6-2)29(26,27)17-9-7-8-16(11-17)23-19(25)13-28-20-18(12-21)14(3)10-15(4)22-20/h7-11H,5-6,13H2,1-4H3,(H,23,25). The van der Waals surface area contributed by atoms with Crippen LogP contribution in [0.2, 0.25) is 0 Å². The number of pyridine rings is 1. The van der Waals surface area contributed by atoms with E-state index in [1.807, 2.05) is 19.9 Å². The van der Waals surface area contributed by atoms with Crippen molar-refractivity contribution in [3.8, 4) is 6.07 Å². The zero-order chi connectivity index (χ0) is 21.6. The third-order valence-corrected chi connectivity index (χ3v) is 7.25. The SMILES string of the molecule is CCN(CC)S(=O)(=O)c1cccc(NC(=O)CSc2nc(C)cc(C)c2C#N)c1. The lowest BCUT2D eigenvalue weighted by Gasteiger charge is -2.18.